The molecule has 2 unspecified atom stereocenters. The fourth-order valence-electron chi connectivity index (χ4n) is 6.01. The first-order valence-corrected chi connectivity index (χ1v) is 18.0. The molecule has 2 aromatic carbocycles. The molecule has 0 bridgehead atoms. The maximum Gasteiger partial charge on any atom is 0.306 e. The van der Waals surface area contributed by atoms with Crippen LogP contribution in [0.2, 0.25) is 0 Å². The Morgan fingerprint density at radius 3 is 1.25 bits per heavy atom. The smallest absolute Gasteiger partial charge is 0.306 e. The highest BCUT2D eigenvalue weighted by molar-refractivity contribution is 5.71. The summed E-state index contributed by atoms with van der Waals surface area (Å²) in [4.78, 5) is 26.3. The predicted octanol–water partition coefficient (Wildman–Crippen LogP) is 10.3. The number of aromatic hydroxyl groups is 2. The third kappa shape index (κ3) is 11.8. The number of esters is 2. The van der Waals surface area contributed by atoms with Crippen molar-refractivity contribution in [2.24, 2.45) is 0 Å². The van der Waals surface area contributed by atoms with Crippen LogP contribution in [0.4, 0.5) is 0 Å². The fourth-order valence-corrected chi connectivity index (χ4v) is 6.01. The Labute approximate surface area is 292 Å². The van der Waals surface area contributed by atoms with Gasteiger partial charge in [0.2, 0.25) is 0 Å². The SMILES string of the molecule is CCCCCC(OC(=O)CCc1cc(C(C)(C)C)c(O)c(C(C)(C)C)c1)C(C)OC(=O)CCc1cc(C(C)(C)C)c(O)c(C(C)(C)C)c1. The van der Waals surface area contributed by atoms with Gasteiger partial charge in [-0.2, -0.15) is 0 Å². The van der Waals surface area contributed by atoms with Gasteiger partial charge >= 0.3 is 11.9 Å². The van der Waals surface area contributed by atoms with E-state index in [1.165, 1.54) is 0 Å². The van der Waals surface area contributed by atoms with E-state index < -0.39 is 12.2 Å². The topological polar surface area (TPSA) is 93.1 Å². The molecule has 270 valence electrons. The normalized spacial score (nSPS) is 14.0. The molecule has 0 radical (unpaired) electrons. The van der Waals surface area contributed by atoms with Gasteiger partial charge in [-0.1, -0.05) is 127 Å². The van der Waals surface area contributed by atoms with E-state index in [0.29, 0.717) is 30.8 Å². The average Bonchev–Trinajstić information content (AvgIpc) is 2.93. The number of ether oxygens (including phenoxy) is 2. The van der Waals surface area contributed by atoms with Crippen LogP contribution >= 0.6 is 0 Å². The molecule has 0 aliphatic heterocycles. The molecule has 2 aromatic rings. The molecule has 2 N–H and O–H groups in total. The van der Waals surface area contributed by atoms with E-state index in [-0.39, 0.29) is 46.4 Å². The Morgan fingerprint density at radius 2 is 0.938 bits per heavy atom. The minimum atomic E-state index is -0.581. The number of aryl methyl sites for hydroxylation is 2. The van der Waals surface area contributed by atoms with Gasteiger partial charge in [-0.3, -0.25) is 9.59 Å². The average molecular weight is 667 g/mol. The van der Waals surface area contributed by atoms with E-state index in [4.69, 9.17) is 9.47 Å². The Bertz CT molecular complexity index is 1320. The van der Waals surface area contributed by atoms with E-state index in [1.54, 1.807) is 0 Å². The third-order valence-corrected chi connectivity index (χ3v) is 9.02. The second kappa shape index (κ2) is 16.1. The third-order valence-electron chi connectivity index (χ3n) is 9.02. The van der Waals surface area contributed by atoms with E-state index in [2.05, 4.69) is 90.0 Å². The number of carbonyl (C=O) groups excluding carboxylic acids is 2. The number of phenols is 2. The zero-order valence-electron chi connectivity index (χ0n) is 32.6. The highest BCUT2D eigenvalue weighted by Gasteiger charge is 2.29. The van der Waals surface area contributed by atoms with Crippen LogP contribution in [-0.4, -0.2) is 34.4 Å². The highest BCUT2D eigenvalue weighted by Crippen LogP contribution is 2.41. The van der Waals surface area contributed by atoms with Crippen molar-refractivity contribution in [3.63, 3.8) is 0 Å². The number of unbranched alkanes of at least 4 members (excludes halogenated alkanes) is 2. The summed E-state index contributed by atoms with van der Waals surface area (Å²) in [6.07, 6.45) is 3.76. The maximum atomic E-state index is 13.2. The Balaban J connectivity index is 2.16. The summed E-state index contributed by atoms with van der Waals surface area (Å²) < 4.78 is 11.9. The maximum absolute atomic E-state index is 13.2. The first-order chi connectivity index (χ1) is 21.9. The quantitative estimate of drug-likeness (QED) is 0.163. The van der Waals surface area contributed by atoms with Crippen LogP contribution in [0.1, 0.15) is 169 Å². The van der Waals surface area contributed by atoms with Gasteiger partial charge in [0.25, 0.3) is 0 Å². The molecule has 0 saturated heterocycles. The van der Waals surface area contributed by atoms with Crippen LogP contribution in [0.15, 0.2) is 24.3 Å². The van der Waals surface area contributed by atoms with E-state index in [0.717, 1.165) is 52.6 Å². The Kier molecular flexibility index (Phi) is 13.8. The van der Waals surface area contributed by atoms with Gasteiger partial charge in [0.15, 0.2) is 0 Å². The monoisotopic (exact) mass is 666 g/mol. The van der Waals surface area contributed by atoms with Crippen LogP contribution in [0, 0.1) is 0 Å². The summed E-state index contributed by atoms with van der Waals surface area (Å²) >= 11 is 0. The molecule has 0 aromatic heterocycles. The predicted molar refractivity (Wildman–Crippen MR) is 197 cm³/mol. The number of carbonyl (C=O) groups is 2. The van der Waals surface area contributed by atoms with Crippen molar-refractivity contribution in [3.8, 4) is 11.5 Å². The lowest BCUT2D eigenvalue weighted by molar-refractivity contribution is -0.167. The molecule has 2 atom stereocenters. The number of hydrogen-bond acceptors (Lipinski definition) is 6. The number of hydrogen-bond donors (Lipinski definition) is 2. The number of benzene rings is 2. The van der Waals surface area contributed by atoms with E-state index >= 15 is 0 Å². The standard InChI is InChI=1S/C42H66O6/c1-15-16-17-18-34(48-36(44)22-20-29-25-32(41(9,10)11)38(46)33(26-29)42(12,13)14)27(2)47-35(43)21-19-28-23-30(39(3,4)5)37(45)31(24-28)40(6,7)8/h23-27,34,45-46H,15-22H2,1-14H3. The van der Waals surface area contributed by atoms with Crippen LogP contribution < -0.4 is 0 Å². The fraction of sp³-hybridized carbons (Fsp3) is 0.667. The van der Waals surface area contributed by atoms with Crippen LogP contribution in [0.25, 0.3) is 0 Å². The first kappa shape index (κ1) is 41.2. The summed E-state index contributed by atoms with van der Waals surface area (Å²) in [7, 11) is 0. The zero-order valence-corrected chi connectivity index (χ0v) is 32.6. The van der Waals surface area contributed by atoms with Gasteiger partial charge < -0.3 is 19.7 Å². The highest BCUT2D eigenvalue weighted by atomic mass is 16.6. The van der Waals surface area contributed by atoms with Crippen molar-refractivity contribution in [2.75, 3.05) is 0 Å². The van der Waals surface area contributed by atoms with Crippen molar-refractivity contribution >= 4 is 11.9 Å². The zero-order chi connectivity index (χ0) is 36.8. The van der Waals surface area contributed by atoms with Gasteiger partial charge in [-0.15, -0.1) is 0 Å². The lowest BCUT2D eigenvalue weighted by atomic mass is 9.78. The van der Waals surface area contributed by atoms with Gasteiger partial charge in [0, 0.05) is 12.8 Å². The molecule has 2 rings (SSSR count). The largest absolute Gasteiger partial charge is 0.507 e. The summed E-state index contributed by atoms with van der Waals surface area (Å²) in [6.45, 7) is 28.8. The lowest BCUT2D eigenvalue weighted by Gasteiger charge is -2.28. The molecule has 0 aliphatic carbocycles. The van der Waals surface area contributed by atoms with E-state index in [1.807, 2.05) is 31.2 Å². The molecule has 0 aliphatic rings. The van der Waals surface area contributed by atoms with Gasteiger partial charge in [-0.25, -0.2) is 0 Å². The van der Waals surface area contributed by atoms with Gasteiger partial charge in [-0.05, 0) is 87.6 Å². The molecule has 0 heterocycles. The molecular formula is C42H66O6. The minimum Gasteiger partial charge on any atom is -0.507 e. The second-order valence-electron chi connectivity index (χ2n) is 17.8. The summed E-state index contributed by atoms with van der Waals surface area (Å²) in [5.41, 5.74) is 4.43. The number of rotatable bonds is 13. The van der Waals surface area contributed by atoms with Gasteiger partial charge in [0.1, 0.15) is 23.7 Å². The van der Waals surface area contributed by atoms with E-state index in [9.17, 15) is 19.8 Å². The molecular weight excluding hydrogens is 600 g/mol. The molecule has 6 nitrogen and oxygen atoms in total. The summed E-state index contributed by atoms with van der Waals surface area (Å²) in [6, 6.07) is 8.01. The second-order valence-corrected chi connectivity index (χ2v) is 17.8. The van der Waals surface area contributed by atoms with Crippen molar-refractivity contribution in [1.29, 1.82) is 0 Å². The van der Waals surface area contributed by atoms with Crippen molar-refractivity contribution < 1.29 is 29.3 Å². The molecule has 6 heteroatoms. The van der Waals surface area contributed by atoms with Gasteiger partial charge in [0.05, 0.1) is 0 Å². The first-order valence-electron chi connectivity index (χ1n) is 18.0. The summed E-state index contributed by atoms with van der Waals surface area (Å²) in [5.74, 6) is -0.0186. The van der Waals surface area contributed by atoms with Crippen molar-refractivity contribution in [3.05, 3.63) is 57.6 Å². The summed E-state index contributed by atoms with van der Waals surface area (Å²) in [5, 5.41) is 22.1. The molecule has 0 amide bonds. The van der Waals surface area contributed by atoms with Crippen molar-refractivity contribution in [1.82, 2.24) is 0 Å². The molecule has 0 spiro atoms. The Hall–Kier alpha value is -3.02. The molecule has 0 fully saturated rings. The minimum absolute atomic E-state index is 0.185. The lowest BCUT2D eigenvalue weighted by Crippen LogP contribution is -2.33. The molecule has 0 saturated carbocycles. The van der Waals surface area contributed by atoms with Crippen LogP contribution in [0.3, 0.4) is 0 Å². The van der Waals surface area contributed by atoms with Crippen LogP contribution in [0.5, 0.6) is 11.5 Å². The number of phenolic OH excluding ortho intramolecular Hbond substituents is 2. The molecule has 48 heavy (non-hydrogen) atoms. The van der Waals surface area contributed by atoms with Crippen LogP contribution in [-0.2, 0) is 53.6 Å². The Morgan fingerprint density at radius 1 is 0.604 bits per heavy atom. The van der Waals surface area contributed by atoms with Crippen molar-refractivity contribution in [2.45, 2.75) is 182 Å².